The Bertz CT molecular complexity index is 568. The van der Waals surface area contributed by atoms with Crippen molar-refractivity contribution in [3.8, 4) is 11.3 Å². The van der Waals surface area contributed by atoms with Crippen LogP contribution in [0.1, 0.15) is 11.7 Å². The van der Waals surface area contributed by atoms with Crippen LogP contribution in [0.3, 0.4) is 0 Å². The molecule has 2 aromatic rings. The lowest BCUT2D eigenvalue weighted by Crippen LogP contribution is -2.28. The molecule has 0 saturated carbocycles. The number of pyridine rings is 1. The molecule has 0 bridgehead atoms. The van der Waals surface area contributed by atoms with Gasteiger partial charge in [-0.15, -0.1) is 0 Å². The van der Waals surface area contributed by atoms with E-state index >= 15 is 0 Å². The predicted molar refractivity (Wildman–Crippen MR) is 72.7 cm³/mol. The van der Waals surface area contributed by atoms with E-state index in [1.807, 2.05) is 18.2 Å². The van der Waals surface area contributed by atoms with E-state index in [4.69, 9.17) is 0 Å². The van der Waals surface area contributed by atoms with Crippen LogP contribution in [0.2, 0.25) is 0 Å². The van der Waals surface area contributed by atoms with Crippen LogP contribution < -0.4 is 0 Å². The summed E-state index contributed by atoms with van der Waals surface area (Å²) in [4.78, 5) is 15.4. The molecule has 5 heteroatoms. The maximum absolute atomic E-state index is 11.2. The van der Waals surface area contributed by atoms with Crippen molar-refractivity contribution in [2.24, 2.45) is 0 Å². The molecule has 0 aliphatic carbocycles. The standard InChI is InChI=1S/C15H15NO4/c1-20-15(19)14(18)13(17)11-7-5-10(6-8-11)12-4-2-3-9-16-12/h2-9,13-14,17-18H,1H3. The van der Waals surface area contributed by atoms with E-state index in [-0.39, 0.29) is 0 Å². The first kappa shape index (κ1) is 14.2. The van der Waals surface area contributed by atoms with Crippen LogP contribution in [0.15, 0.2) is 48.7 Å². The predicted octanol–water partition coefficient (Wildman–Crippen LogP) is 1.32. The van der Waals surface area contributed by atoms with Crippen molar-refractivity contribution in [2.75, 3.05) is 7.11 Å². The first-order chi connectivity index (χ1) is 9.63. The highest BCUT2D eigenvalue weighted by Crippen LogP contribution is 2.22. The van der Waals surface area contributed by atoms with Crippen LogP contribution in [0, 0.1) is 0 Å². The Balaban J connectivity index is 2.18. The van der Waals surface area contributed by atoms with Crippen LogP contribution in [0.25, 0.3) is 11.3 Å². The first-order valence-electron chi connectivity index (χ1n) is 6.09. The van der Waals surface area contributed by atoms with Crippen molar-refractivity contribution in [1.29, 1.82) is 0 Å². The van der Waals surface area contributed by atoms with Crippen molar-refractivity contribution in [3.05, 3.63) is 54.2 Å². The minimum absolute atomic E-state index is 0.433. The molecule has 0 fully saturated rings. The van der Waals surface area contributed by atoms with E-state index in [1.165, 1.54) is 0 Å². The van der Waals surface area contributed by atoms with Gasteiger partial charge in [0.15, 0.2) is 6.10 Å². The topological polar surface area (TPSA) is 79.7 Å². The number of carbonyl (C=O) groups excluding carboxylic acids is 1. The number of methoxy groups -OCH3 is 1. The first-order valence-corrected chi connectivity index (χ1v) is 6.09. The second kappa shape index (κ2) is 6.27. The van der Waals surface area contributed by atoms with E-state index in [0.717, 1.165) is 18.4 Å². The molecule has 1 aromatic carbocycles. The van der Waals surface area contributed by atoms with Crippen LogP contribution in [0.4, 0.5) is 0 Å². The number of hydrogen-bond acceptors (Lipinski definition) is 5. The highest BCUT2D eigenvalue weighted by molar-refractivity contribution is 5.75. The number of esters is 1. The second-order valence-corrected chi connectivity index (χ2v) is 4.25. The minimum atomic E-state index is -1.60. The van der Waals surface area contributed by atoms with Gasteiger partial charge < -0.3 is 14.9 Å². The van der Waals surface area contributed by atoms with Crippen LogP contribution in [0.5, 0.6) is 0 Å². The quantitative estimate of drug-likeness (QED) is 0.821. The van der Waals surface area contributed by atoms with Gasteiger partial charge in [-0.3, -0.25) is 4.98 Å². The summed E-state index contributed by atoms with van der Waals surface area (Å²) < 4.78 is 4.39. The Labute approximate surface area is 116 Å². The second-order valence-electron chi connectivity index (χ2n) is 4.25. The highest BCUT2D eigenvalue weighted by atomic mass is 16.5. The fourth-order valence-corrected chi connectivity index (χ4v) is 1.82. The van der Waals surface area contributed by atoms with Gasteiger partial charge in [-0.25, -0.2) is 4.79 Å². The SMILES string of the molecule is COC(=O)C(O)C(O)c1ccc(-c2ccccn2)cc1. The number of aliphatic hydroxyl groups is 2. The van der Waals surface area contributed by atoms with Gasteiger partial charge in [-0.2, -0.15) is 0 Å². The fourth-order valence-electron chi connectivity index (χ4n) is 1.82. The zero-order chi connectivity index (χ0) is 14.5. The number of ether oxygens (including phenoxy) is 1. The molecule has 104 valence electrons. The van der Waals surface area contributed by atoms with Gasteiger partial charge in [0.1, 0.15) is 6.10 Å². The summed E-state index contributed by atoms with van der Waals surface area (Å²) in [5, 5.41) is 19.5. The molecule has 5 nitrogen and oxygen atoms in total. The molecular formula is C15H15NO4. The number of benzene rings is 1. The maximum atomic E-state index is 11.2. The molecule has 2 rings (SSSR count). The summed E-state index contributed by atoms with van der Waals surface area (Å²) in [5.74, 6) is -0.869. The summed E-state index contributed by atoms with van der Waals surface area (Å²) in [5.41, 5.74) is 2.12. The van der Waals surface area contributed by atoms with Crippen molar-refractivity contribution < 1.29 is 19.7 Å². The number of carbonyl (C=O) groups is 1. The van der Waals surface area contributed by atoms with Gasteiger partial charge in [0.2, 0.25) is 0 Å². The Morgan fingerprint density at radius 1 is 1.15 bits per heavy atom. The number of rotatable bonds is 4. The molecule has 0 saturated heterocycles. The third-order valence-electron chi connectivity index (χ3n) is 2.95. The Kier molecular flexibility index (Phi) is 4.45. The van der Waals surface area contributed by atoms with Gasteiger partial charge >= 0.3 is 5.97 Å². The Hall–Kier alpha value is -2.24. The van der Waals surface area contributed by atoms with Gasteiger partial charge in [-0.1, -0.05) is 30.3 Å². The van der Waals surface area contributed by atoms with Crippen molar-refractivity contribution >= 4 is 5.97 Å². The molecule has 20 heavy (non-hydrogen) atoms. The number of aromatic nitrogens is 1. The fraction of sp³-hybridized carbons (Fsp3) is 0.200. The third kappa shape index (κ3) is 3.01. The summed E-state index contributed by atoms with van der Waals surface area (Å²) in [7, 11) is 1.16. The minimum Gasteiger partial charge on any atom is -0.467 e. The monoisotopic (exact) mass is 273 g/mol. The zero-order valence-electron chi connectivity index (χ0n) is 10.9. The molecule has 0 spiro atoms. The van der Waals surface area contributed by atoms with Gasteiger partial charge in [0, 0.05) is 11.8 Å². The van der Waals surface area contributed by atoms with Crippen molar-refractivity contribution in [2.45, 2.75) is 12.2 Å². The van der Waals surface area contributed by atoms with Crippen LogP contribution in [-0.2, 0) is 9.53 Å². The Morgan fingerprint density at radius 3 is 2.40 bits per heavy atom. The number of aliphatic hydroxyl groups excluding tert-OH is 2. The molecule has 0 aliphatic heterocycles. The van der Waals surface area contributed by atoms with E-state index in [0.29, 0.717) is 5.56 Å². The lowest BCUT2D eigenvalue weighted by Gasteiger charge is -2.16. The average Bonchev–Trinajstić information content (AvgIpc) is 2.53. The zero-order valence-corrected chi connectivity index (χ0v) is 10.9. The summed E-state index contributed by atoms with van der Waals surface area (Å²) in [6.07, 6.45) is -1.22. The van der Waals surface area contributed by atoms with Crippen LogP contribution >= 0.6 is 0 Å². The largest absolute Gasteiger partial charge is 0.467 e. The molecule has 2 unspecified atom stereocenters. The lowest BCUT2D eigenvalue weighted by molar-refractivity contribution is -0.156. The normalized spacial score (nSPS) is 13.6. The molecule has 1 aromatic heterocycles. The Morgan fingerprint density at radius 2 is 1.85 bits per heavy atom. The van der Waals surface area contributed by atoms with Gasteiger partial charge in [0.05, 0.1) is 12.8 Å². The molecule has 0 aliphatic rings. The van der Waals surface area contributed by atoms with Crippen LogP contribution in [-0.4, -0.2) is 34.4 Å². The summed E-state index contributed by atoms with van der Waals surface area (Å²) in [6.45, 7) is 0. The summed E-state index contributed by atoms with van der Waals surface area (Å²) >= 11 is 0. The molecular weight excluding hydrogens is 258 g/mol. The average molecular weight is 273 g/mol. The maximum Gasteiger partial charge on any atom is 0.337 e. The van der Waals surface area contributed by atoms with Gasteiger partial charge in [0.25, 0.3) is 0 Å². The molecule has 0 radical (unpaired) electrons. The van der Waals surface area contributed by atoms with E-state index in [9.17, 15) is 15.0 Å². The number of nitrogens with zero attached hydrogens (tertiary/aromatic N) is 1. The van der Waals surface area contributed by atoms with E-state index in [2.05, 4.69) is 9.72 Å². The van der Waals surface area contributed by atoms with Crippen molar-refractivity contribution in [1.82, 2.24) is 4.98 Å². The molecule has 1 heterocycles. The summed E-state index contributed by atoms with van der Waals surface area (Å²) in [6, 6.07) is 12.4. The molecule has 2 atom stereocenters. The molecule has 0 amide bonds. The van der Waals surface area contributed by atoms with E-state index < -0.39 is 18.2 Å². The van der Waals surface area contributed by atoms with E-state index in [1.54, 1.807) is 30.5 Å². The highest BCUT2D eigenvalue weighted by Gasteiger charge is 2.26. The smallest absolute Gasteiger partial charge is 0.337 e. The number of hydrogen-bond donors (Lipinski definition) is 2. The lowest BCUT2D eigenvalue weighted by atomic mass is 10.0. The van der Waals surface area contributed by atoms with Gasteiger partial charge in [-0.05, 0) is 17.7 Å². The third-order valence-corrected chi connectivity index (χ3v) is 2.95. The van der Waals surface area contributed by atoms with Crippen molar-refractivity contribution in [3.63, 3.8) is 0 Å². The molecule has 2 N–H and O–H groups in total.